The van der Waals surface area contributed by atoms with Crippen LogP contribution >= 0.6 is 27.5 Å². The number of amides is 2. The lowest BCUT2D eigenvalue weighted by Gasteiger charge is -2.26. The van der Waals surface area contributed by atoms with Gasteiger partial charge in [-0.3, -0.25) is 14.7 Å². The van der Waals surface area contributed by atoms with Crippen LogP contribution in [0.1, 0.15) is 40.1 Å². The number of aromatic amines is 1. The highest BCUT2D eigenvalue weighted by molar-refractivity contribution is 9.10. The zero-order valence-electron chi connectivity index (χ0n) is 14.7. The molecule has 0 bridgehead atoms. The molecule has 1 aromatic carbocycles. The quantitative estimate of drug-likeness (QED) is 0.625. The number of hydrogen-bond donors (Lipinski definition) is 3. The number of nitrogens with one attached hydrogen (secondary N) is 3. The molecule has 1 aromatic heterocycles. The fraction of sp³-hybridized carbons (Fsp3) is 0.389. The summed E-state index contributed by atoms with van der Waals surface area (Å²) in [5.74, 6) is -0.378. The second-order valence-electron chi connectivity index (χ2n) is 6.35. The Morgan fingerprint density at radius 2 is 1.93 bits per heavy atom. The fourth-order valence-electron chi connectivity index (χ4n) is 2.98. The molecule has 144 valence electrons. The molecule has 7 nitrogen and oxygen atoms in total. The van der Waals surface area contributed by atoms with Crippen molar-refractivity contribution in [1.29, 1.82) is 0 Å². The van der Waals surface area contributed by atoms with E-state index in [0.29, 0.717) is 27.4 Å². The topological polar surface area (TPSA) is 90.1 Å². The molecule has 0 spiro atoms. The molecule has 1 saturated heterocycles. The molecule has 27 heavy (non-hydrogen) atoms. The lowest BCUT2D eigenvalue weighted by molar-refractivity contribution is 0.0940. The van der Waals surface area contributed by atoms with E-state index in [9.17, 15) is 9.59 Å². The number of carbonyl (C=O) groups excluding carboxylic acids is 2. The van der Waals surface area contributed by atoms with Crippen LogP contribution in [0.15, 0.2) is 28.7 Å². The van der Waals surface area contributed by atoms with Crippen LogP contribution in [0.25, 0.3) is 0 Å². The molecule has 9 heteroatoms. The highest BCUT2D eigenvalue weighted by atomic mass is 79.9. The highest BCUT2D eigenvalue weighted by Crippen LogP contribution is 2.25. The predicted molar refractivity (Wildman–Crippen MR) is 108 cm³/mol. The van der Waals surface area contributed by atoms with E-state index < -0.39 is 0 Å². The van der Waals surface area contributed by atoms with Gasteiger partial charge in [-0.05, 0) is 54.0 Å². The lowest BCUT2D eigenvalue weighted by atomic mass is 10.1. The third-order valence-corrected chi connectivity index (χ3v) is 5.54. The van der Waals surface area contributed by atoms with Gasteiger partial charge in [-0.1, -0.05) is 30.2 Å². The van der Waals surface area contributed by atoms with E-state index in [-0.39, 0.29) is 17.5 Å². The van der Waals surface area contributed by atoms with Gasteiger partial charge in [0.05, 0.1) is 15.1 Å². The summed E-state index contributed by atoms with van der Waals surface area (Å²) >= 11 is 9.36. The molecule has 2 aromatic rings. The number of anilines is 1. The van der Waals surface area contributed by atoms with Crippen LogP contribution in [-0.2, 0) is 0 Å². The first-order valence-corrected chi connectivity index (χ1v) is 10.0. The third kappa shape index (κ3) is 5.09. The van der Waals surface area contributed by atoms with Crippen molar-refractivity contribution < 1.29 is 9.59 Å². The number of rotatable bonds is 6. The highest BCUT2D eigenvalue weighted by Gasteiger charge is 2.20. The molecule has 2 amide bonds. The van der Waals surface area contributed by atoms with Crippen LogP contribution in [0.3, 0.4) is 0 Å². The van der Waals surface area contributed by atoms with Gasteiger partial charge in [-0.15, -0.1) is 0 Å². The van der Waals surface area contributed by atoms with Crippen molar-refractivity contribution in [3.63, 3.8) is 0 Å². The lowest BCUT2D eigenvalue weighted by Crippen LogP contribution is -2.37. The van der Waals surface area contributed by atoms with Crippen LogP contribution < -0.4 is 10.6 Å². The average molecular weight is 455 g/mol. The van der Waals surface area contributed by atoms with Crippen LogP contribution in [0.2, 0.25) is 5.02 Å². The number of halogens is 2. The maximum atomic E-state index is 12.4. The van der Waals surface area contributed by atoms with E-state index in [2.05, 4.69) is 41.7 Å². The first-order chi connectivity index (χ1) is 13.1. The number of aromatic nitrogens is 2. The molecular formula is C18H21BrClN5O2. The van der Waals surface area contributed by atoms with Crippen molar-refractivity contribution in [3.8, 4) is 0 Å². The Bertz CT molecular complexity index is 820. The Labute approximate surface area is 171 Å². The average Bonchev–Trinajstić information content (AvgIpc) is 3.03. The van der Waals surface area contributed by atoms with Crippen LogP contribution in [0.5, 0.6) is 0 Å². The summed E-state index contributed by atoms with van der Waals surface area (Å²) in [6, 6.07) is 6.73. The first-order valence-electron chi connectivity index (χ1n) is 8.86. The van der Waals surface area contributed by atoms with Gasteiger partial charge in [0.15, 0.2) is 5.69 Å². The zero-order chi connectivity index (χ0) is 19.2. The van der Waals surface area contributed by atoms with Gasteiger partial charge in [0.2, 0.25) is 0 Å². The summed E-state index contributed by atoms with van der Waals surface area (Å²) in [6.07, 6.45) is 3.71. The van der Waals surface area contributed by atoms with E-state index in [1.165, 1.54) is 19.3 Å². The van der Waals surface area contributed by atoms with Crippen molar-refractivity contribution in [2.75, 3.05) is 31.5 Å². The molecule has 1 aliphatic rings. The predicted octanol–water partition coefficient (Wildman–Crippen LogP) is 3.29. The normalized spacial score (nSPS) is 14.7. The maximum absolute atomic E-state index is 12.4. The number of likely N-dealkylation sites (tertiary alicyclic amines) is 1. The van der Waals surface area contributed by atoms with Crippen molar-refractivity contribution in [2.45, 2.75) is 19.3 Å². The molecule has 0 saturated carbocycles. The molecule has 0 atom stereocenters. The number of carbonyl (C=O) groups is 2. The van der Waals surface area contributed by atoms with Gasteiger partial charge in [0.25, 0.3) is 11.8 Å². The summed E-state index contributed by atoms with van der Waals surface area (Å²) in [5, 5.41) is 12.6. The second-order valence-corrected chi connectivity index (χ2v) is 7.55. The standard InChI is InChI=1S/C18H21BrClN5O2/c19-14-15(18(27)21-8-11-25-9-4-1-5-10-25)23-24-16(14)22-17(26)12-6-2-3-7-13(12)20/h2-3,6-7H,1,4-5,8-11H2,(H,21,27)(H2,22,23,24,26). The molecule has 0 aliphatic carbocycles. The first kappa shape index (κ1) is 19.9. The minimum atomic E-state index is -0.387. The van der Waals surface area contributed by atoms with Gasteiger partial charge >= 0.3 is 0 Å². The smallest absolute Gasteiger partial charge is 0.273 e. The monoisotopic (exact) mass is 453 g/mol. The Morgan fingerprint density at radius 1 is 1.19 bits per heavy atom. The van der Waals surface area contributed by atoms with Gasteiger partial charge in [-0.2, -0.15) is 5.10 Å². The van der Waals surface area contributed by atoms with E-state index in [4.69, 9.17) is 11.6 Å². The molecule has 1 fully saturated rings. The maximum Gasteiger partial charge on any atom is 0.273 e. The molecule has 1 aliphatic heterocycles. The van der Waals surface area contributed by atoms with Crippen LogP contribution in [0.4, 0.5) is 5.82 Å². The van der Waals surface area contributed by atoms with E-state index >= 15 is 0 Å². The minimum absolute atomic E-state index is 0.197. The Kier molecular flexibility index (Phi) is 6.87. The number of H-pyrrole nitrogens is 1. The Hall–Kier alpha value is -1.90. The van der Waals surface area contributed by atoms with E-state index in [1.807, 2.05) is 0 Å². The largest absolute Gasteiger partial charge is 0.349 e. The second kappa shape index (κ2) is 9.34. The molecule has 0 unspecified atom stereocenters. The van der Waals surface area contributed by atoms with Crippen LogP contribution in [0, 0.1) is 0 Å². The van der Waals surface area contributed by atoms with Gasteiger partial charge in [-0.25, -0.2) is 0 Å². The van der Waals surface area contributed by atoms with Gasteiger partial charge in [0, 0.05) is 13.1 Å². The fourth-order valence-corrected chi connectivity index (χ4v) is 3.66. The summed E-state index contributed by atoms with van der Waals surface area (Å²) < 4.78 is 0.401. The third-order valence-electron chi connectivity index (χ3n) is 4.44. The zero-order valence-corrected chi connectivity index (χ0v) is 17.1. The molecule has 3 rings (SSSR count). The Balaban J connectivity index is 1.56. The number of nitrogens with zero attached hydrogens (tertiary/aromatic N) is 2. The summed E-state index contributed by atoms with van der Waals surface area (Å²) in [7, 11) is 0. The Morgan fingerprint density at radius 3 is 2.67 bits per heavy atom. The number of piperidine rings is 1. The van der Waals surface area contributed by atoms with Crippen molar-refractivity contribution >= 4 is 45.2 Å². The van der Waals surface area contributed by atoms with Crippen molar-refractivity contribution in [1.82, 2.24) is 20.4 Å². The van der Waals surface area contributed by atoms with Gasteiger partial charge < -0.3 is 15.5 Å². The molecule has 2 heterocycles. The number of benzene rings is 1. The van der Waals surface area contributed by atoms with Crippen molar-refractivity contribution in [2.24, 2.45) is 0 Å². The summed E-state index contributed by atoms with van der Waals surface area (Å²) in [4.78, 5) is 27.0. The van der Waals surface area contributed by atoms with Gasteiger partial charge in [0.1, 0.15) is 5.82 Å². The minimum Gasteiger partial charge on any atom is -0.349 e. The van der Waals surface area contributed by atoms with E-state index in [1.54, 1.807) is 24.3 Å². The molecular weight excluding hydrogens is 434 g/mol. The SMILES string of the molecule is O=C(Nc1[nH]nc(C(=O)NCCN2CCCCC2)c1Br)c1ccccc1Cl. The van der Waals surface area contributed by atoms with E-state index in [0.717, 1.165) is 19.6 Å². The summed E-state index contributed by atoms with van der Waals surface area (Å²) in [6.45, 7) is 3.55. The van der Waals surface area contributed by atoms with Crippen LogP contribution in [-0.4, -0.2) is 53.1 Å². The number of hydrogen-bond acceptors (Lipinski definition) is 4. The van der Waals surface area contributed by atoms with Crippen molar-refractivity contribution in [3.05, 3.63) is 45.0 Å². The molecule has 3 N–H and O–H groups in total. The molecule has 0 radical (unpaired) electrons. The summed E-state index contributed by atoms with van der Waals surface area (Å²) in [5.41, 5.74) is 0.538.